The van der Waals surface area contributed by atoms with Crippen molar-refractivity contribution in [1.82, 2.24) is 9.97 Å². The number of rotatable bonds is 2. The van der Waals surface area contributed by atoms with E-state index in [1.54, 1.807) is 6.92 Å². The first-order valence-electron chi connectivity index (χ1n) is 5.53. The first kappa shape index (κ1) is 13.3. The Morgan fingerprint density at radius 2 is 2.11 bits per heavy atom. The van der Waals surface area contributed by atoms with Crippen LogP contribution in [0.5, 0.6) is 0 Å². The first-order chi connectivity index (χ1) is 9.02. The number of guanidine groups is 1. The maximum absolute atomic E-state index is 11.3. The van der Waals surface area contributed by atoms with E-state index in [2.05, 4.69) is 36.2 Å². The van der Waals surface area contributed by atoms with Crippen molar-refractivity contribution >= 4 is 33.5 Å². The van der Waals surface area contributed by atoms with E-state index < -0.39 is 0 Å². The van der Waals surface area contributed by atoms with Crippen LogP contribution in [0, 0.1) is 6.92 Å². The van der Waals surface area contributed by atoms with Crippen LogP contribution in [0.1, 0.15) is 5.69 Å². The molecule has 0 atom stereocenters. The van der Waals surface area contributed by atoms with E-state index in [0.29, 0.717) is 11.6 Å². The van der Waals surface area contributed by atoms with Gasteiger partial charge >= 0.3 is 5.95 Å². The Bertz CT molecular complexity index is 663. The Morgan fingerprint density at radius 3 is 2.74 bits per heavy atom. The van der Waals surface area contributed by atoms with Crippen LogP contribution in [0.4, 0.5) is 11.6 Å². The molecule has 6 nitrogen and oxygen atoms in total. The van der Waals surface area contributed by atoms with E-state index in [1.807, 2.05) is 24.3 Å². The topological polar surface area (TPSA) is 97.8 Å². The Balaban J connectivity index is 2.18. The molecule has 0 unspecified atom stereocenters. The van der Waals surface area contributed by atoms with E-state index in [0.717, 1.165) is 10.2 Å². The lowest BCUT2D eigenvalue weighted by Gasteiger charge is -2.01. The molecule has 0 amide bonds. The summed E-state index contributed by atoms with van der Waals surface area (Å²) in [5.74, 6) is 0.572. The Hall–Kier alpha value is -2.15. The number of nitrogens with zero attached hydrogens (tertiary/aromatic N) is 1. The van der Waals surface area contributed by atoms with Crippen LogP contribution in [-0.2, 0) is 0 Å². The van der Waals surface area contributed by atoms with Crippen molar-refractivity contribution in [2.24, 2.45) is 5.73 Å². The van der Waals surface area contributed by atoms with Crippen molar-refractivity contribution in [2.45, 2.75) is 6.92 Å². The molecule has 0 aliphatic carbocycles. The van der Waals surface area contributed by atoms with Crippen LogP contribution in [0.25, 0.3) is 0 Å². The second kappa shape index (κ2) is 5.66. The number of H-pyrrole nitrogens is 1. The number of nitrogens with two attached hydrogens (primary N) is 1. The molecule has 0 saturated heterocycles. The van der Waals surface area contributed by atoms with Gasteiger partial charge in [-0.3, -0.25) is 10.1 Å². The zero-order chi connectivity index (χ0) is 13.8. The van der Waals surface area contributed by atoms with Gasteiger partial charge in [-0.05, 0) is 31.2 Å². The number of aryl methyl sites for hydroxylation is 1. The van der Waals surface area contributed by atoms with E-state index in [9.17, 15) is 4.79 Å². The molecule has 1 heterocycles. The van der Waals surface area contributed by atoms with Crippen molar-refractivity contribution in [3.05, 3.63) is 50.9 Å². The Kier molecular flexibility index (Phi) is 3.96. The fraction of sp³-hybridized carbons (Fsp3) is 0.0833. The summed E-state index contributed by atoms with van der Waals surface area (Å²) in [4.78, 5) is 20.7. The maximum Gasteiger partial charge on any atom is 0.325 e. The minimum absolute atomic E-state index is 0.230. The Morgan fingerprint density at radius 1 is 1.42 bits per heavy atom. The van der Waals surface area contributed by atoms with Gasteiger partial charge in [0, 0.05) is 10.5 Å². The molecule has 2 rings (SSSR count). The van der Waals surface area contributed by atoms with Crippen molar-refractivity contribution in [2.75, 3.05) is 5.32 Å². The second-order valence-corrected chi connectivity index (χ2v) is 4.82. The summed E-state index contributed by atoms with van der Waals surface area (Å²) in [7, 11) is 0. The number of halogens is 1. The number of aromatic nitrogens is 2. The molecule has 98 valence electrons. The predicted molar refractivity (Wildman–Crippen MR) is 77.2 cm³/mol. The number of hydrogen-bond acceptors (Lipinski definition) is 2. The highest BCUT2D eigenvalue weighted by Gasteiger charge is 2.03. The molecule has 5 N–H and O–H groups in total. The Labute approximate surface area is 117 Å². The zero-order valence-corrected chi connectivity index (χ0v) is 11.8. The number of anilines is 1. The average Bonchev–Trinajstić information content (AvgIpc) is 2.30. The SMILES string of the molecule is Cc1cc(=O)[nH]c([NH+]=C(N)Nc2ccc(Br)cc2)n1. The maximum atomic E-state index is 11.3. The highest BCUT2D eigenvalue weighted by molar-refractivity contribution is 9.10. The summed E-state index contributed by atoms with van der Waals surface area (Å²) in [5, 5.41) is 2.96. The van der Waals surface area contributed by atoms with E-state index in [-0.39, 0.29) is 11.5 Å². The average molecular weight is 323 g/mol. The third-order valence-corrected chi connectivity index (χ3v) is 2.77. The van der Waals surface area contributed by atoms with Gasteiger partial charge in [-0.15, -0.1) is 4.98 Å². The van der Waals surface area contributed by atoms with E-state index >= 15 is 0 Å². The summed E-state index contributed by atoms with van der Waals surface area (Å²) >= 11 is 3.35. The summed E-state index contributed by atoms with van der Waals surface area (Å²) in [6.45, 7) is 1.73. The van der Waals surface area contributed by atoms with Gasteiger partial charge < -0.3 is 5.73 Å². The fourth-order valence-corrected chi connectivity index (χ4v) is 1.75. The smallest absolute Gasteiger partial charge is 0.322 e. The number of benzene rings is 1. The van der Waals surface area contributed by atoms with Gasteiger partial charge in [-0.25, -0.2) is 9.98 Å². The standard InChI is InChI=1S/C12H12BrN5O/c1-7-6-10(19)17-12(15-7)18-11(14)16-9-4-2-8(13)3-5-9/h2-6H,1H3,(H4,14,15,16,17,18,19)/p+1. The molecule has 0 radical (unpaired) electrons. The third-order valence-electron chi connectivity index (χ3n) is 2.25. The zero-order valence-electron chi connectivity index (χ0n) is 10.2. The van der Waals surface area contributed by atoms with Crippen molar-refractivity contribution < 1.29 is 4.99 Å². The second-order valence-electron chi connectivity index (χ2n) is 3.91. The van der Waals surface area contributed by atoms with Crippen LogP contribution in [0.2, 0.25) is 0 Å². The van der Waals surface area contributed by atoms with Crippen molar-refractivity contribution in [3.63, 3.8) is 0 Å². The molecular weight excluding hydrogens is 310 g/mol. The minimum Gasteiger partial charge on any atom is -0.322 e. The number of hydrogen-bond donors (Lipinski definition) is 4. The summed E-state index contributed by atoms with van der Waals surface area (Å²) < 4.78 is 0.981. The molecule has 19 heavy (non-hydrogen) atoms. The molecule has 1 aromatic heterocycles. The molecular formula is C12H13BrN5O+. The van der Waals surface area contributed by atoms with E-state index in [4.69, 9.17) is 5.73 Å². The molecule has 0 saturated carbocycles. The van der Waals surface area contributed by atoms with Gasteiger partial charge in [0.2, 0.25) is 0 Å². The highest BCUT2D eigenvalue weighted by atomic mass is 79.9. The molecule has 0 spiro atoms. The summed E-state index contributed by atoms with van der Waals surface area (Å²) in [5.41, 5.74) is 7.00. The van der Waals surface area contributed by atoms with Gasteiger partial charge in [-0.2, -0.15) is 0 Å². The van der Waals surface area contributed by atoms with Crippen LogP contribution < -0.4 is 21.6 Å². The van der Waals surface area contributed by atoms with Gasteiger partial charge in [-0.1, -0.05) is 15.9 Å². The van der Waals surface area contributed by atoms with Crippen LogP contribution in [-0.4, -0.2) is 15.9 Å². The van der Waals surface area contributed by atoms with Crippen molar-refractivity contribution in [3.8, 4) is 0 Å². The summed E-state index contributed by atoms with van der Waals surface area (Å²) in [6, 6.07) is 8.92. The van der Waals surface area contributed by atoms with Crippen LogP contribution in [0.15, 0.2) is 39.6 Å². The lowest BCUT2D eigenvalue weighted by Crippen LogP contribution is -2.73. The molecule has 2 aromatic rings. The summed E-state index contributed by atoms with van der Waals surface area (Å²) in [6.07, 6.45) is 0. The van der Waals surface area contributed by atoms with E-state index in [1.165, 1.54) is 6.07 Å². The predicted octanol–water partition coefficient (Wildman–Crippen LogP) is -0.0203. The van der Waals surface area contributed by atoms with Gasteiger partial charge in [0.05, 0.1) is 11.4 Å². The lowest BCUT2D eigenvalue weighted by molar-refractivity contribution is -0.365. The monoisotopic (exact) mass is 322 g/mol. The van der Waals surface area contributed by atoms with Gasteiger partial charge in [0.1, 0.15) is 0 Å². The quantitative estimate of drug-likeness (QED) is 0.461. The van der Waals surface area contributed by atoms with Crippen LogP contribution >= 0.6 is 15.9 Å². The van der Waals surface area contributed by atoms with Crippen molar-refractivity contribution in [1.29, 1.82) is 0 Å². The third kappa shape index (κ3) is 3.92. The number of nitrogens with one attached hydrogen (secondary N) is 3. The molecule has 0 fully saturated rings. The minimum atomic E-state index is -0.230. The van der Waals surface area contributed by atoms with Crippen LogP contribution in [0.3, 0.4) is 0 Å². The fourth-order valence-electron chi connectivity index (χ4n) is 1.49. The molecule has 7 heteroatoms. The molecule has 0 bridgehead atoms. The largest absolute Gasteiger partial charge is 0.325 e. The van der Waals surface area contributed by atoms with Gasteiger partial charge in [0.15, 0.2) is 0 Å². The lowest BCUT2D eigenvalue weighted by atomic mass is 10.3. The molecule has 1 aromatic carbocycles. The van der Waals surface area contributed by atoms with Gasteiger partial charge in [0.25, 0.3) is 11.5 Å². The molecule has 0 aliphatic rings. The normalized spacial score (nSPS) is 11.4. The first-order valence-corrected chi connectivity index (χ1v) is 6.32. The number of aromatic amines is 1. The molecule has 0 aliphatic heterocycles. The highest BCUT2D eigenvalue weighted by Crippen LogP contribution is 2.13.